The SMILES string of the molecule is C=CCC(=O)c1cc(C(F)(F)F)ccc1Br. The van der Waals surface area contributed by atoms with E-state index in [2.05, 4.69) is 22.5 Å². The molecule has 0 aliphatic rings. The molecule has 0 atom stereocenters. The molecule has 0 bridgehead atoms. The minimum absolute atomic E-state index is 0.0138. The van der Waals surface area contributed by atoms with Crippen LogP contribution < -0.4 is 0 Å². The third-order valence-corrected chi connectivity index (χ3v) is 2.62. The standard InChI is InChI=1S/C11H8BrF3O/c1-2-3-10(16)8-6-7(11(13,14)15)4-5-9(8)12/h2,4-6H,1,3H2. The summed E-state index contributed by atoms with van der Waals surface area (Å²) in [5.41, 5.74) is -0.808. The molecule has 0 radical (unpaired) electrons. The predicted molar refractivity (Wildman–Crippen MR) is 58.3 cm³/mol. The van der Waals surface area contributed by atoms with Gasteiger partial charge < -0.3 is 0 Å². The number of halogens is 4. The van der Waals surface area contributed by atoms with Crippen LogP contribution in [0.15, 0.2) is 35.3 Å². The van der Waals surface area contributed by atoms with E-state index in [1.165, 1.54) is 12.1 Å². The van der Waals surface area contributed by atoms with Gasteiger partial charge in [-0.1, -0.05) is 22.0 Å². The molecule has 0 aliphatic carbocycles. The molecule has 1 aromatic carbocycles. The van der Waals surface area contributed by atoms with Crippen LogP contribution in [0.5, 0.6) is 0 Å². The van der Waals surface area contributed by atoms with E-state index in [1.54, 1.807) is 0 Å². The number of ketones is 1. The Morgan fingerprint density at radius 3 is 2.56 bits per heavy atom. The van der Waals surface area contributed by atoms with Gasteiger partial charge >= 0.3 is 6.18 Å². The molecule has 0 unspecified atom stereocenters. The van der Waals surface area contributed by atoms with Gasteiger partial charge in [0.25, 0.3) is 0 Å². The molecule has 5 heteroatoms. The van der Waals surface area contributed by atoms with Crippen LogP contribution >= 0.6 is 15.9 Å². The third kappa shape index (κ3) is 2.95. The summed E-state index contributed by atoms with van der Waals surface area (Å²) in [6, 6.07) is 2.99. The summed E-state index contributed by atoms with van der Waals surface area (Å²) in [6.07, 6.45) is -3.07. The van der Waals surface area contributed by atoms with Crippen molar-refractivity contribution < 1.29 is 18.0 Å². The summed E-state index contributed by atoms with van der Waals surface area (Å²) in [7, 11) is 0. The highest BCUT2D eigenvalue weighted by Crippen LogP contribution is 2.32. The largest absolute Gasteiger partial charge is 0.416 e. The first-order chi connectivity index (χ1) is 7.36. The maximum Gasteiger partial charge on any atom is 0.416 e. The molecule has 0 saturated carbocycles. The Bertz CT molecular complexity index is 424. The van der Waals surface area contributed by atoms with Crippen molar-refractivity contribution in [2.45, 2.75) is 12.6 Å². The van der Waals surface area contributed by atoms with Crippen molar-refractivity contribution in [2.24, 2.45) is 0 Å². The lowest BCUT2D eigenvalue weighted by Crippen LogP contribution is -2.07. The maximum absolute atomic E-state index is 12.4. The van der Waals surface area contributed by atoms with Crippen LogP contribution in [0.3, 0.4) is 0 Å². The predicted octanol–water partition coefficient (Wildman–Crippen LogP) is 4.23. The Balaban J connectivity index is 3.18. The van der Waals surface area contributed by atoms with Gasteiger partial charge in [-0.15, -0.1) is 6.58 Å². The molecule has 0 fully saturated rings. The zero-order valence-electron chi connectivity index (χ0n) is 8.14. The second-order valence-electron chi connectivity index (χ2n) is 3.11. The molecular weight excluding hydrogens is 285 g/mol. The summed E-state index contributed by atoms with van der Waals surface area (Å²) >= 11 is 3.05. The Morgan fingerprint density at radius 2 is 2.06 bits per heavy atom. The average molecular weight is 293 g/mol. The van der Waals surface area contributed by atoms with Crippen molar-refractivity contribution in [1.29, 1.82) is 0 Å². The normalized spacial score (nSPS) is 11.2. The highest BCUT2D eigenvalue weighted by Gasteiger charge is 2.31. The van der Waals surface area contributed by atoms with E-state index in [-0.39, 0.29) is 12.0 Å². The highest BCUT2D eigenvalue weighted by atomic mass is 79.9. The van der Waals surface area contributed by atoms with E-state index in [0.717, 1.165) is 12.1 Å². The third-order valence-electron chi connectivity index (χ3n) is 1.92. The molecule has 0 aromatic heterocycles. The quantitative estimate of drug-likeness (QED) is 0.602. The van der Waals surface area contributed by atoms with Crippen molar-refractivity contribution in [3.8, 4) is 0 Å². The van der Waals surface area contributed by atoms with Gasteiger partial charge in [0.1, 0.15) is 0 Å². The Morgan fingerprint density at radius 1 is 1.44 bits per heavy atom. The van der Waals surface area contributed by atoms with Gasteiger partial charge in [0, 0.05) is 16.5 Å². The van der Waals surface area contributed by atoms with Crippen LogP contribution in [-0.4, -0.2) is 5.78 Å². The molecule has 0 heterocycles. The minimum Gasteiger partial charge on any atom is -0.294 e. The molecule has 0 saturated heterocycles. The number of benzene rings is 1. The van der Waals surface area contributed by atoms with Crippen LogP contribution in [0.4, 0.5) is 13.2 Å². The van der Waals surface area contributed by atoms with Crippen LogP contribution in [0.25, 0.3) is 0 Å². The molecule has 0 aliphatic heterocycles. The van der Waals surface area contributed by atoms with E-state index in [9.17, 15) is 18.0 Å². The molecule has 1 aromatic rings. The van der Waals surface area contributed by atoms with Gasteiger partial charge in [-0.3, -0.25) is 4.79 Å². The summed E-state index contributed by atoms with van der Waals surface area (Å²) in [6.45, 7) is 3.37. The van der Waals surface area contributed by atoms with Crippen LogP contribution in [-0.2, 0) is 6.18 Å². The smallest absolute Gasteiger partial charge is 0.294 e. The number of allylic oxidation sites excluding steroid dienone is 1. The van der Waals surface area contributed by atoms with Gasteiger partial charge in [-0.2, -0.15) is 13.2 Å². The van der Waals surface area contributed by atoms with Crippen molar-refractivity contribution in [3.05, 3.63) is 46.5 Å². The first-order valence-electron chi connectivity index (χ1n) is 4.37. The van der Waals surface area contributed by atoms with Crippen LogP contribution in [0.1, 0.15) is 22.3 Å². The summed E-state index contributed by atoms with van der Waals surface area (Å²) < 4.78 is 37.6. The lowest BCUT2D eigenvalue weighted by molar-refractivity contribution is -0.137. The maximum atomic E-state index is 12.4. The van der Waals surface area contributed by atoms with Gasteiger partial charge in [0.15, 0.2) is 5.78 Å². The monoisotopic (exact) mass is 292 g/mol. The number of rotatable bonds is 3. The van der Waals surface area contributed by atoms with Gasteiger partial charge in [0.05, 0.1) is 5.56 Å². The minimum atomic E-state index is -4.44. The molecule has 86 valence electrons. The van der Waals surface area contributed by atoms with E-state index in [4.69, 9.17) is 0 Å². The summed E-state index contributed by atoms with van der Waals surface area (Å²) in [4.78, 5) is 11.5. The Kier molecular flexibility index (Phi) is 3.91. The fraction of sp³-hybridized carbons (Fsp3) is 0.182. The lowest BCUT2D eigenvalue weighted by Gasteiger charge is -2.09. The second kappa shape index (κ2) is 4.82. The molecule has 0 spiro atoms. The lowest BCUT2D eigenvalue weighted by atomic mass is 10.0. The van der Waals surface area contributed by atoms with Crippen LogP contribution in [0.2, 0.25) is 0 Å². The molecule has 16 heavy (non-hydrogen) atoms. The number of carbonyl (C=O) groups is 1. The van der Waals surface area contributed by atoms with E-state index >= 15 is 0 Å². The Labute approximate surface area is 99.1 Å². The van der Waals surface area contributed by atoms with Crippen molar-refractivity contribution in [3.63, 3.8) is 0 Å². The molecule has 1 rings (SSSR count). The molecule has 0 amide bonds. The van der Waals surface area contributed by atoms with Gasteiger partial charge in [0.2, 0.25) is 0 Å². The van der Waals surface area contributed by atoms with E-state index in [1.807, 2.05) is 0 Å². The molecular formula is C11H8BrF3O. The van der Waals surface area contributed by atoms with Gasteiger partial charge in [-0.05, 0) is 18.2 Å². The first-order valence-corrected chi connectivity index (χ1v) is 5.16. The van der Waals surface area contributed by atoms with Crippen LogP contribution in [0, 0.1) is 0 Å². The van der Waals surface area contributed by atoms with Crippen molar-refractivity contribution in [2.75, 3.05) is 0 Å². The zero-order chi connectivity index (χ0) is 12.3. The zero-order valence-corrected chi connectivity index (χ0v) is 9.73. The fourth-order valence-corrected chi connectivity index (χ4v) is 1.62. The topological polar surface area (TPSA) is 17.1 Å². The van der Waals surface area contributed by atoms with E-state index < -0.39 is 17.5 Å². The number of alkyl halides is 3. The molecule has 0 N–H and O–H groups in total. The second-order valence-corrected chi connectivity index (χ2v) is 3.96. The fourth-order valence-electron chi connectivity index (χ4n) is 1.16. The average Bonchev–Trinajstić information content (AvgIpc) is 2.16. The first kappa shape index (κ1) is 13.0. The van der Waals surface area contributed by atoms with Crippen molar-refractivity contribution >= 4 is 21.7 Å². The molecule has 1 nitrogen and oxygen atoms in total. The summed E-state index contributed by atoms with van der Waals surface area (Å²) in [5, 5.41) is 0. The Hall–Kier alpha value is -1.10. The number of hydrogen-bond acceptors (Lipinski definition) is 1. The number of Topliss-reactive ketones (excluding diaryl/α,β-unsaturated/α-hetero) is 1. The number of carbonyl (C=O) groups excluding carboxylic acids is 1. The highest BCUT2D eigenvalue weighted by molar-refractivity contribution is 9.10. The van der Waals surface area contributed by atoms with E-state index in [0.29, 0.717) is 4.47 Å². The van der Waals surface area contributed by atoms with Crippen molar-refractivity contribution in [1.82, 2.24) is 0 Å². The summed E-state index contributed by atoms with van der Waals surface area (Å²) in [5.74, 6) is -0.395. The van der Waals surface area contributed by atoms with Gasteiger partial charge in [-0.25, -0.2) is 0 Å². The number of hydrogen-bond donors (Lipinski definition) is 0.